The number of carbonyl (C=O) groups is 1. The first-order chi connectivity index (χ1) is 11.3. The Bertz CT molecular complexity index is 1020. The van der Waals surface area contributed by atoms with Crippen LogP contribution in [0.25, 0.3) is 4.85 Å². The fourth-order valence-corrected chi connectivity index (χ4v) is 2.84. The summed E-state index contributed by atoms with van der Waals surface area (Å²) in [6, 6.07) is 8.86. The minimum atomic E-state index is -3.69. The molecule has 0 aliphatic carbocycles. The van der Waals surface area contributed by atoms with Gasteiger partial charge in [0.15, 0.2) is 9.84 Å². The van der Waals surface area contributed by atoms with Crippen molar-refractivity contribution in [1.82, 2.24) is 0 Å². The lowest BCUT2D eigenvalue weighted by Crippen LogP contribution is -2.16. The summed E-state index contributed by atoms with van der Waals surface area (Å²) in [5.41, 5.74) is -0.227. The molecule has 120 valence electrons. The Morgan fingerprint density at radius 3 is 2.58 bits per heavy atom. The molecule has 0 heterocycles. The van der Waals surface area contributed by atoms with E-state index in [1.807, 2.05) is 6.07 Å². The van der Waals surface area contributed by atoms with Gasteiger partial charge in [0, 0.05) is 11.9 Å². The molecule has 6 nitrogen and oxygen atoms in total. The predicted octanol–water partition coefficient (Wildman–Crippen LogP) is 2.90. The summed E-state index contributed by atoms with van der Waals surface area (Å²) in [6.45, 7) is 6.85. The van der Waals surface area contributed by atoms with Crippen molar-refractivity contribution in [3.63, 3.8) is 0 Å². The van der Waals surface area contributed by atoms with Crippen LogP contribution in [-0.2, 0) is 9.84 Å². The van der Waals surface area contributed by atoms with Gasteiger partial charge in [-0.25, -0.2) is 17.7 Å². The van der Waals surface area contributed by atoms with Crippen LogP contribution in [0.5, 0.6) is 0 Å². The van der Waals surface area contributed by atoms with Gasteiger partial charge in [-0.15, -0.1) is 0 Å². The molecule has 1 amide bonds. The minimum Gasteiger partial charge on any atom is -0.323 e. The highest BCUT2D eigenvalue weighted by molar-refractivity contribution is 7.90. The number of nitrogens with zero attached hydrogens (tertiary/aromatic N) is 2. The Hall–Kier alpha value is -3.23. The Morgan fingerprint density at radius 2 is 2.00 bits per heavy atom. The summed E-state index contributed by atoms with van der Waals surface area (Å²) in [6.07, 6.45) is 0.945. The summed E-state index contributed by atoms with van der Waals surface area (Å²) in [5, 5.41) is 11.3. The van der Waals surface area contributed by atoms with Crippen LogP contribution >= 0.6 is 0 Å². The van der Waals surface area contributed by atoms with Crippen molar-refractivity contribution in [1.29, 1.82) is 5.26 Å². The van der Waals surface area contributed by atoms with Crippen LogP contribution in [0, 0.1) is 23.7 Å². The van der Waals surface area contributed by atoms with Gasteiger partial charge >= 0.3 is 0 Å². The summed E-state index contributed by atoms with van der Waals surface area (Å²) in [4.78, 5) is 15.1. The Kier molecular flexibility index (Phi) is 4.63. The zero-order chi connectivity index (χ0) is 17.9. The van der Waals surface area contributed by atoms with E-state index in [9.17, 15) is 17.6 Å². The first-order valence-corrected chi connectivity index (χ1v) is 8.38. The standard InChI is InChI=1S/C16H10FN3O3S/c1-19-14-8-11(4-5-13(14)17)20-16(21)12-7-10(9-18)3-6-15(12)24(2,22)23/h3-8H,2H3,(H,20,21). The second-order valence-electron chi connectivity index (χ2n) is 4.83. The van der Waals surface area contributed by atoms with Crippen molar-refractivity contribution in [2.24, 2.45) is 0 Å². The molecule has 24 heavy (non-hydrogen) atoms. The first kappa shape index (κ1) is 17.1. The number of amides is 1. The zero-order valence-electron chi connectivity index (χ0n) is 12.4. The van der Waals surface area contributed by atoms with E-state index in [1.54, 1.807) is 0 Å². The Balaban J connectivity index is 2.47. The average Bonchev–Trinajstić information content (AvgIpc) is 2.55. The third-order valence-electron chi connectivity index (χ3n) is 3.08. The molecule has 0 unspecified atom stereocenters. The predicted molar refractivity (Wildman–Crippen MR) is 84.9 cm³/mol. The highest BCUT2D eigenvalue weighted by Crippen LogP contribution is 2.24. The van der Waals surface area contributed by atoms with Gasteiger partial charge in [0.2, 0.25) is 5.69 Å². The maximum Gasteiger partial charge on any atom is 0.256 e. The summed E-state index contributed by atoms with van der Waals surface area (Å²) < 4.78 is 36.9. The molecule has 2 aromatic rings. The summed E-state index contributed by atoms with van der Waals surface area (Å²) in [7, 11) is -3.69. The smallest absolute Gasteiger partial charge is 0.256 e. The normalized spacial score (nSPS) is 10.5. The van der Waals surface area contributed by atoms with Crippen molar-refractivity contribution in [2.75, 3.05) is 11.6 Å². The average molecular weight is 343 g/mol. The second-order valence-corrected chi connectivity index (χ2v) is 6.81. The quantitative estimate of drug-likeness (QED) is 0.868. The van der Waals surface area contributed by atoms with E-state index >= 15 is 0 Å². The van der Waals surface area contributed by atoms with E-state index in [4.69, 9.17) is 11.8 Å². The van der Waals surface area contributed by atoms with E-state index in [-0.39, 0.29) is 27.4 Å². The Labute approximate surface area is 137 Å². The number of halogens is 1. The number of rotatable bonds is 3. The number of sulfone groups is 1. The Morgan fingerprint density at radius 1 is 1.29 bits per heavy atom. The molecule has 0 saturated heterocycles. The lowest BCUT2D eigenvalue weighted by Gasteiger charge is -2.10. The number of nitriles is 1. The third-order valence-corrected chi connectivity index (χ3v) is 4.23. The highest BCUT2D eigenvalue weighted by atomic mass is 32.2. The van der Waals surface area contributed by atoms with Gasteiger partial charge in [0.05, 0.1) is 28.7 Å². The van der Waals surface area contributed by atoms with Gasteiger partial charge in [-0.3, -0.25) is 4.79 Å². The molecule has 2 aromatic carbocycles. The SMILES string of the molecule is [C-]#[N+]c1cc(NC(=O)c2cc(C#N)ccc2S(C)(=O)=O)ccc1F. The van der Waals surface area contributed by atoms with Gasteiger partial charge < -0.3 is 5.32 Å². The third kappa shape index (κ3) is 3.57. The summed E-state index contributed by atoms with van der Waals surface area (Å²) >= 11 is 0. The maximum absolute atomic E-state index is 13.3. The molecule has 0 atom stereocenters. The lowest BCUT2D eigenvalue weighted by molar-refractivity contribution is 0.102. The van der Waals surface area contributed by atoms with Crippen molar-refractivity contribution < 1.29 is 17.6 Å². The van der Waals surface area contributed by atoms with Crippen LogP contribution in [0.4, 0.5) is 15.8 Å². The van der Waals surface area contributed by atoms with Gasteiger partial charge in [0.1, 0.15) is 5.82 Å². The van der Waals surface area contributed by atoms with Crippen LogP contribution < -0.4 is 5.32 Å². The molecule has 1 N–H and O–H groups in total. The second kappa shape index (κ2) is 6.49. The molecular formula is C16H10FN3O3S. The number of hydrogen-bond acceptors (Lipinski definition) is 4. The van der Waals surface area contributed by atoms with Crippen molar-refractivity contribution in [2.45, 2.75) is 4.90 Å². The molecule has 0 aromatic heterocycles. The van der Waals surface area contributed by atoms with Gasteiger partial charge in [-0.05, 0) is 36.4 Å². The van der Waals surface area contributed by atoms with Crippen LogP contribution in [0.3, 0.4) is 0 Å². The van der Waals surface area contributed by atoms with Crippen molar-refractivity contribution >= 4 is 27.1 Å². The molecule has 0 saturated carbocycles. The number of carbonyl (C=O) groups excluding carboxylic acids is 1. The number of nitrogens with one attached hydrogen (secondary N) is 1. The van der Waals surface area contributed by atoms with Gasteiger partial charge in [0.25, 0.3) is 5.91 Å². The molecule has 0 bridgehead atoms. The zero-order valence-corrected chi connectivity index (χ0v) is 13.2. The van der Waals surface area contributed by atoms with E-state index in [1.165, 1.54) is 18.2 Å². The van der Waals surface area contributed by atoms with Crippen LogP contribution in [0.2, 0.25) is 0 Å². The maximum atomic E-state index is 13.3. The van der Waals surface area contributed by atoms with Crippen LogP contribution in [0.1, 0.15) is 15.9 Å². The molecule has 2 rings (SSSR count). The molecule has 8 heteroatoms. The molecule has 0 fully saturated rings. The molecule has 0 spiro atoms. The van der Waals surface area contributed by atoms with Gasteiger partial charge in [-0.2, -0.15) is 5.26 Å². The fourth-order valence-electron chi connectivity index (χ4n) is 1.97. The topological polar surface area (TPSA) is 91.4 Å². The van der Waals surface area contributed by atoms with E-state index in [0.29, 0.717) is 0 Å². The number of benzene rings is 2. The largest absolute Gasteiger partial charge is 0.323 e. The van der Waals surface area contributed by atoms with E-state index in [0.717, 1.165) is 24.5 Å². The van der Waals surface area contributed by atoms with E-state index in [2.05, 4.69) is 10.2 Å². The minimum absolute atomic E-state index is 0.119. The molecule has 0 aliphatic rings. The van der Waals surface area contributed by atoms with E-state index < -0.39 is 21.6 Å². The number of hydrogen-bond donors (Lipinski definition) is 1. The first-order valence-electron chi connectivity index (χ1n) is 6.49. The van der Waals surface area contributed by atoms with Gasteiger partial charge in [-0.1, -0.05) is 0 Å². The monoisotopic (exact) mass is 343 g/mol. The molecular weight excluding hydrogens is 333 g/mol. The van der Waals surface area contributed by atoms with Crippen LogP contribution in [-0.4, -0.2) is 20.6 Å². The highest BCUT2D eigenvalue weighted by Gasteiger charge is 2.20. The van der Waals surface area contributed by atoms with Crippen molar-refractivity contribution in [3.8, 4) is 6.07 Å². The fraction of sp³-hybridized carbons (Fsp3) is 0.0625. The number of anilines is 1. The lowest BCUT2D eigenvalue weighted by atomic mass is 10.1. The summed E-state index contributed by atoms with van der Waals surface area (Å²) in [5.74, 6) is -1.51. The van der Waals surface area contributed by atoms with Crippen molar-refractivity contribution in [3.05, 3.63) is 64.8 Å². The van der Waals surface area contributed by atoms with Crippen LogP contribution in [0.15, 0.2) is 41.3 Å². The molecule has 0 aliphatic heterocycles. The molecule has 0 radical (unpaired) electrons.